The second-order valence-electron chi connectivity index (χ2n) is 4.57. The number of aromatic nitrogens is 1. The number of hydrogen-bond acceptors (Lipinski definition) is 3. The average molecular weight is 252 g/mol. The summed E-state index contributed by atoms with van der Waals surface area (Å²) in [5.41, 5.74) is -1.87. The third-order valence-corrected chi connectivity index (χ3v) is 3.02. The molecule has 1 heterocycles. The topological polar surface area (TPSA) is 79.6 Å². The van der Waals surface area contributed by atoms with Crippen LogP contribution in [0.4, 0.5) is 0 Å². The predicted octanol–water partition coefficient (Wildman–Crippen LogP) is 0.320. The van der Waals surface area contributed by atoms with Gasteiger partial charge in [0.2, 0.25) is 0 Å². The van der Waals surface area contributed by atoms with E-state index in [-0.39, 0.29) is 5.56 Å². The number of pyridine rings is 1. The molecule has 0 bridgehead atoms. The van der Waals surface area contributed by atoms with Crippen molar-refractivity contribution in [3.8, 4) is 0 Å². The standard InChI is InChI=1S/C12H16N2O4/c1-12(2,11(17)18)14(4)10(16)8-6-5-7-13(3)9(8)15/h5-7H,1-4H3,(H,17,18). The zero-order valence-corrected chi connectivity index (χ0v) is 10.8. The van der Waals surface area contributed by atoms with Gasteiger partial charge in [-0.3, -0.25) is 9.59 Å². The molecule has 0 fully saturated rings. The van der Waals surface area contributed by atoms with E-state index in [2.05, 4.69) is 0 Å². The highest BCUT2D eigenvalue weighted by Gasteiger charge is 2.36. The molecule has 98 valence electrons. The number of likely N-dealkylation sites (N-methyl/N-ethyl adjacent to an activating group) is 1. The van der Waals surface area contributed by atoms with Crippen LogP contribution in [-0.2, 0) is 11.8 Å². The first-order chi connectivity index (χ1) is 8.19. The Morgan fingerprint density at radius 2 is 1.94 bits per heavy atom. The molecule has 0 atom stereocenters. The molecule has 0 aliphatic carbocycles. The first kappa shape index (κ1) is 14.0. The van der Waals surface area contributed by atoms with E-state index in [9.17, 15) is 14.4 Å². The van der Waals surface area contributed by atoms with E-state index < -0.39 is 23.0 Å². The fourth-order valence-corrected chi connectivity index (χ4v) is 1.34. The molecule has 6 heteroatoms. The lowest BCUT2D eigenvalue weighted by atomic mass is 10.0. The highest BCUT2D eigenvalue weighted by Crippen LogP contribution is 2.14. The van der Waals surface area contributed by atoms with Crippen molar-refractivity contribution >= 4 is 11.9 Å². The van der Waals surface area contributed by atoms with Crippen molar-refractivity contribution in [3.05, 3.63) is 34.2 Å². The second-order valence-corrected chi connectivity index (χ2v) is 4.57. The minimum absolute atomic E-state index is 0.0446. The number of carboxylic acids is 1. The Labute approximate surface area is 104 Å². The molecular formula is C12H16N2O4. The van der Waals surface area contributed by atoms with Crippen LogP contribution in [0.5, 0.6) is 0 Å². The number of carbonyl (C=O) groups is 2. The number of carboxylic acid groups (broad SMARTS) is 1. The molecule has 0 saturated carbocycles. The van der Waals surface area contributed by atoms with Gasteiger partial charge in [0.05, 0.1) is 0 Å². The van der Waals surface area contributed by atoms with Crippen molar-refractivity contribution in [2.24, 2.45) is 7.05 Å². The van der Waals surface area contributed by atoms with Gasteiger partial charge in [0, 0.05) is 20.3 Å². The Balaban J connectivity index is 3.20. The minimum atomic E-state index is -1.38. The molecule has 0 radical (unpaired) electrons. The summed E-state index contributed by atoms with van der Waals surface area (Å²) >= 11 is 0. The first-order valence-electron chi connectivity index (χ1n) is 5.36. The molecule has 0 unspecified atom stereocenters. The number of hydrogen-bond donors (Lipinski definition) is 1. The van der Waals surface area contributed by atoms with Crippen LogP contribution >= 0.6 is 0 Å². The molecule has 0 aromatic carbocycles. The number of amides is 1. The Morgan fingerprint density at radius 3 is 2.44 bits per heavy atom. The van der Waals surface area contributed by atoms with Gasteiger partial charge in [0.25, 0.3) is 11.5 Å². The summed E-state index contributed by atoms with van der Waals surface area (Å²) in [4.78, 5) is 36.0. The highest BCUT2D eigenvalue weighted by molar-refractivity contribution is 5.97. The van der Waals surface area contributed by atoms with Crippen LogP contribution in [0, 0.1) is 0 Å². The van der Waals surface area contributed by atoms with Crippen molar-refractivity contribution in [2.45, 2.75) is 19.4 Å². The normalized spacial score (nSPS) is 11.1. The largest absolute Gasteiger partial charge is 0.480 e. The van der Waals surface area contributed by atoms with Gasteiger partial charge < -0.3 is 14.6 Å². The van der Waals surface area contributed by atoms with Crippen LogP contribution in [0.2, 0.25) is 0 Å². The smallest absolute Gasteiger partial charge is 0.329 e. The van der Waals surface area contributed by atoms with Gasteiger partial charge in [-0.15, -0.1) is 0 Å². The maximum atomic E-state index is 12.1. The third kappa shape index (κ3) is 2.27. The number of rotatable bonds is 3. The second kappa shape index (κ2) is 4.64. The summed E-state index contributed by atoms with van der Waals surface area (Å²) in [6, 6.07) is 2.95. The van der Waals surface area contributed by atoms with Crippen LogP contribution in [0.3, 0.4) is 0 Å². The third-order valence-electron chi connectivity index (χ3n) is 3.02. The SMILES string of the molecule is CN(C(=O)c1cccn(C)c1=O)C(C)(C)C(=O)O. The van der Waals surface area contributed by atoms with Crippen molar-refractivity contribution < 1.29 is 14.7 Å². The van der Waals surface area contributed by atoms with Crippen LogP contribution in [0.1, 0.15) is 24.2 Å². The van der Waals surface area contributed by atoms with Crippen LogP contribution in [0.15, 0.2) is 23.1 Å². The first-order valence-corrected chi connectivity index (χ1v) is 5.36. The molecule has 0 aliphatic rings. The van der Waals surface area contributed by atoms with Gasteiger partial charge in [-0.1, -0.05) is 0 Å². The Hall–Kier alpha value is -2.11. The Bertz CT molecular complexity index is 545. The van der Waals surface area contributed by atoms with Crippen molar-refractivity contribution in [1.82, 2.24) is 9.47 Å². The summed E-state index contributed by atoms with van der Waals surface area (Å²) in [7, 11) is 2.89. The molecule has 1 amide bonds. The van der Waals surface area contributed by atoms with Gasteiger partial charge in [-0.2, -0.15) is 0 Å². The van der Waals surface area contributed by atoms with Crippen molar-refractivity contribution in [2.75, 3.05) is 7.05 Å². The number of nitrogens with zero attached hydrogens (tertiary/aromatic N) is 2. The van der Waals surface area contributed by atoms with Crippen molar-refractivity contribution in [1.29, 1.82) is 0 Å². The average Bonchev–Trinajstić information content (AvgIpc) is 2.30. The molecular weight excluding hydrogens is 236 g/mol. The summed E-state index contributed by atoms with van der Waals surface area (Å²) in [6.45, 7) is 2.81. The number of carbonyl (C=O) groups excluding carboxylic acids is 1. The molecule has 18 heavy (non-hydrogen) atoms. The molecule has 1 rings (SSSR count). The quantitative estimate of drug-likeness (QED) is 0.840. The van der Waals surface area contributed by atoms with E-state index in [0.29, 0.717) is 0 Å². The van der Waals surface area contributed by atoms with Crippen LogP contribution in [0.25, 0.3) is 0 Å². The number of aryl methyl sites for hydroxylation is 1. The van der Waals surface area contributed by atoms with Crippen LogP contribution < -0.4 is 5.56 Å². The number of aliphatic carboxylic acids is 1. The fourth-order valence-electron chi connectivity index (χ4n) is 1.34. The van der Waals surface area contributed by atoms with Gasteiger partial charge in [0.15, 0.2) is 0 Å². The van der Waals surface area contributed by atoms with Gasteiger partial charge in [-0.25, -0.2) is 4.79 Å². The van der Waals surface area contributed by atoms with E-state index >= 15 is 0 Å². The lowest BCUT2D eigenvalue weighted by molar-refractivity contribution is -0.147. The van der Waals surface area contributed by atoms with Crippen LogP contribution in [-0.4, -0.2) is 39.0 Å². The highest BCUT2D eigenvalue weighted by atomic mass is 16.4. The lowest BCUT2D eigenvalue weighted by Gasteiger charge is -2.31. The van der Waals surface area contributed by atoms with E-state index in [1.54, 1.807) is 6.07 Å². The summed E-state index contributed by atoms with van der Waals surface area (Å²) in [5, 5.41) is 9.05. The lowest BCUT2D eigenvalue weighted by Crippen LogP contribution is -2.51. The maximum Gasteiger partial charge on any atom is 0.329 e. The molecule has 0 saturated heterocycles. The zero-order chi connectivity index (χ0) is 14.1. The summed E-state index contributed by atoms with van der Waals surface area (Å²) < 4.78 is 1.27. The zero-order valence-electron chi connectivity index (χ0n) is 10.8. The molecule has 1 aromatic heterocycles. The van der Waals surface area contributed by atoms with E-state index in [0.717, 1.165) is 4.90 Å². The molecule has 1 N–H and O–H groups in total. The minimum Gasteiger partial charge on any atom is -0.480 e. The summed E-state index contributed by atoms with van der Waals surface area (Å²) in [6.07, 6.45) is 1.53. The van der Waals surface area contributed by atoms with E-state index in [4.69, 9.17) is 5.11 Å². The van der Waals surface area contributed by atoms with Gasteiger partial charge >= 0.3 is 5.97 Å². The fraction of sp³-hybridized carbons (Fsp3) is 0.417. The molecule has 1 aromatic rings. The van der Waals surface area contributed by atoms with E-state index in [1.807, 2.05) is 0 Å². The van der Waals surface area contributed by atoms with E-state index in [1.165, 1.54) is 44.8 Å². The molecule has 6 nitrogen and oxygen atoms in total. The molecule has 0 spiro atoms. The van der Waals surface area contributed by atoms with Crippen molar-refractivity contribution in [3.63, 3.8) is 0 Å². The predicted molar refractivity (Wildman–Crippen MR) is 65.5 cm³/mol. The summed E-state index contributed by atoms with van der Waals surface area (Å²) in [5.74, 6) is -1.74. The van der Waals surface area contributed by atoms with Gasteiger partial charge in [-0.05, 0) is 26.0 Å². The Kier molecular flexibility index (Phi) is 3.59. The monoisotopic (exact) mass is 252 g/mol. The Morgan fingerprint density at radius 1 is 1.39 bits per heavy atom. The van der Waals surface area contributed by atoms with Gasteiger partial charge in [0.1, 0.15) is 11.1 Å². The maximum absolute atomic E-state index is 12.1. The molecule has 0 aliphatic heterocycles.